The van der Waals surface area contributed by atoms with Crippen LogP contribution in [-0.4, -0.2) is 22.3 Å². The zero-order chi connectivity index (χ0) is 15.5. The van der Waals surface area contributed by atoms with Gasteiger partial charge in [0.05, 0.1) is 12.0 Å². The summed E-state index contributed by atoms with van der Waals surface area (Å²) in [7, 11) is 0. The van der Waals surface area contributed by atoms with Gasteiger partial charge in [0.25, 0.3) is 5.56 Å². The number of rotatable bonds is 5. The van der Waals surface area contributed by atoms with Crippen LogP contribution in [0.25, 0.3) is 10.2 Å². The van der Waals surface area contributed by atoms with Crippen molar-refractivity contribution in [3.8, 4) is 5.75 Å². The Hall–Kier alpha value is -1.79. The molecule has 0 radical (unpaired) electrons. The molecule has 0 spiro atoms. The van der Waals surface area contributed by atoms with Gasteiger partial charge in [-0.25, -0.2) is 4.98 Å². The highest BCUT2D eigenvalue weighted by Gasteiger charge is 2.11. The number of thioether (sulfide) groups is 1. The number of hydrogen-bond acceptors (Lipinski definition) is 5. The lowest BCUT2D eigenvalue weighted by atomic mass is 10.2. The SMILES string of the molecule is Cc1sc2nc(SCCOc3ccccc3)[nH]c(=O)c2c1C. The third-order valence-electron chi connectivity index (χ3n) is 3.35. The minimum atomic E-state index is -0.0571. The van der Waals surface area contributed by atoms with Crippen LogP contribution >= 0.6 is 23.1 Å². The highest BCUT2D eigenvalue weighted by molar-refractivity contribution is 7.99. The number of aromatic nitrogens is 2. The number of fused-ring (bicyclic) bond motifs is 1. The average molecular weight is 332 g/mol. The van der Waals surface area contributed by atoms with E-state index in [0.717, 1.165) is 26.8 Å². The molecule has 114 valence electrons. The summed E-state index contributed by atoms with van der Waals surface area (Å²) < 4.78 is 5.63. The normalized spacial score (nSPS) is 11.0. The maximum Gasteiger partial charge on any atom is 0.260 e. The van der Waals surface area contributed by atoms with Gasteiger partial charge in [0, 0.05) is 10.6 Å². The van der Waals surface area contributed by atoms with Crippen LogP contribution in [0.15, 0.2) is 40.3 Å². The maximum atomic E-state index is 12.2. The van der Waals surface area contributed by atoms with Gasteiger partial charge in [0.2, 0.25) is 0 Å². The van der Waals surface area contributed by atoms with E-state index >= 15 is 0 Å². The van der Waals surface area contributed by atoms with Crippen molar-refractivity contribution >= 4 is 33.3 Å². The summed E-state index contributed by atoms with van der Waals surface area (Å²) in [6.07, 6.45) is 0. The molecular formula is C16H16N2O2S2. The van der Waals surface area contributed by atoms with Crippen molar-refractivity contribution < 1.29 is 4.74 Å². The second kappa shape index (κ2) is 6.54. The Morgan fingerprint density at radius 3 is 2.82 bits per heavy atom. The first-order valence-corrected chi connectivity index (χ1v) is 8.76. The molecule has 0 bridgehead atoms. The van der Waals surface area contributed by atoms with E-state index in [4.69, 9.17) is 4.74 Å². The fourth-order valence-corrected chi connectivity index (χ4v) is 3.89. The molecule has 0 saturated heterocycles. The quantitative estimate of drug-likeness (QED) is 0.439. The first-order valence-electron chi connectivity index (χ1n) is 6.96. The molecule has 1 N–H and O–H groups in total. The van der Waals surface area contributed by atoms with E-state index in [1.165, 1.54) is 11.8 Å². The van der Waals surface area contributed by atoms with Gasteiger partial charge in [-0.05, 0) is 31.5 Å². The zero-order valence-electron chi connectivity index (χ0n) is 12.4. The van der Waals surface area contributed by atoms with Crippen LogP contribution in [-0.2, 0) is 0 Å². The van der Waals surface area contributed by atoms with Crippen molar-refractivity contribution in [3.63, 3.8) is 0 Å². The predicted octanol–water partition coefficient (Wildman–Crippen LogP) is 3.77. The fraction of sp³-hybridized carbons (Fsp3) is 0.250. The molecule has 0 fully saturated rings. The van der Waals surface area contributed by atoms with Crippen LogP contribution in [0.1, 0.15) is 10.4 Å². The minimum Gasteiger partial charge on any atom is -0.493 e. The molecule has 0 unspecified atom stereocenters. The molecule has 2 heterocycles. The Balaban J connectivity index is 1.66. The van der Waals surface area contributed by atoms with Crippen LogP contribution in [0, 0.1) is 13.8 Å². The molecular weight excluding hydrogens is 316 g/mol. The van der Waals surface area contributed by atoms with Crippen LogP contribution in [0.5, 0.6) is 5.75 Å². The fourth-order valence-electron chi connectivity index (χ4n) is 2.12. The summed E-state index contributed by atoms with van der Waals surface area (Å²) in [5.41, 5.74) is 0.969. The van der Waals surface area contributed by atoms with Gasteiger partial charge in [0.15, 0.2) is 5.16 Å². The lowest BCUT2D eigenvalue weighted by molar-refractivity contribution is 0.344. The highest BCUT2D eigenvalue weighted by atomic mass is 32.2. The minimum absolute atomic E-state index is 0.0571. The Morgan fingerprint density at radius 1 is 1.27 bits per heavy atom. The van der Waals surface area contributed by atoms with Crippen molar-refractivity contribution in [1.82, 2.24) is 9.97 Å². The van der Waals surface area contributed by atoms with Crippen molar-refractivity contribution in [2.24, 2.45) is 0 Å². The highest BCUT2D eigenvalue weighted by Crippen LogP contribution is 2.27. The molecule has 6 heteroatoms. The zero-order valence-corrected chi connectivity index (χ0v) is 14.0. The molecule has 0 amide bonds. The smallest absolute Gasteiger partial charge is 0.260 e. The Kier molecular flexibility index (Phi) is 4.49. The second-order valence-electron chi connectivity index (χ2n) is 4.84. The van der Waals surface area contributed by atoms with Crippen LogP contribution < -0.4 is 10.3 Å². The number of ether oxygens (including phenoxy) is 1. The molecule has 3 rings (SSSR count). The first-order chi connectivity index (χ1) is 10.6. The summed E-state index contributed by atoms with van der Waals surface area (Å²) >= 11 is 3.07. The number of nitrogens with zero attached hydrogens (tertiary/aromatic N) is 1. The monoisotopic (exact) mass is 332 g/mol. The van der Waals surface area contributed by atoms with E-state index < -0.39 is 0 Å². The predicted molar refractivity (Wildman–Crippen MR) is 92.4 cm³/mol. The van der Waals surface area contributed by atoms with E-state index in [1.54, 1.807) is 11.3 Å². The topological polar surface area (TPSA) is 55.0 Å². The van der Waals surface area contributed by atoms with E-state index in [1.807, 2.05) is 44.2 Å². The number of nitrogens with one attached hydrogen (secondary N) is 1. The molecule has 3 aromatic rings. The number of aromatic amines is 1. The molecule has 0 aliphatic heterocycles. The molecule has 2 aromatic heterocycles. The standard InChI is InChI=1S/C16H16N2O2S2/c1-10-11(2)22-15-13(10)14(19)17-16(18-15)21-9-8-20-12-6-4-3-5-7-12/h3-7H,8-9H2,1-2H3,(H,17,18,19). The van der Waals surface area contributed by atoms with Gasteiger partial charge in [0.1, 0.15) is 10.6 Å². The molecule has 0 aliphatic rings. The first kappa shape index (κ1) is 15.1. The summed E-state index contributed by atoms with van der Waals surface area (Å²) in [5, 5.41) is 1.36. The summed E-state index contributed by atoms with van der Waals surface area (Å²) in [6.45, 7) is 4.55. The van der Waals surface area contributed by atoms with Crippen molar-refractivity contribution in [3.05, 3.63) is 51.1 Å². The number of thiophene rings is 1. The van der Waals surface area contributed by atoms with Crippen molar-refractivity contribution in [1.29, 1.82) is 0 Å². The van der Waals surface area contributed by atoms with Gasteiger partial charge in [-0.1, -0.05) is 30.0 Å². The Morgan fingerprint density at radius 2 is 2.05 bits per heavy atom. The van der Waals surface area contributed by atoms with Crippen LogP contribution in [0.3, 0.4) is 0 Å². The molecule has 1 aromatic carbocycles. The maximum absolute atomic E-state index is 12.2. The molecule has 4 nitrogen and oxygen atoms in total. The second-order valence-corrected chi connectivity index (χ2v) is 7.13. The molecule has 0 saturated carbocycles. The van der Waals surface area contributed by atoms with Crippen molar-refractivity contribution in [2.75, 3.05) is 12.4 Å². The van der Waals surface area contributed by atoms with Gasteiger partial charge in [-0.2, -0.15) is 0 Å². The van der Waals surface area contributed by atoms with Crippen LogP contribution in [0.4, 0.5) is 0 Å². The molecule has 0 aliphatic carbocycles. The number of hydrogen-bond donors (Lipinski definition) is 1. The lowest BCUT2D eigenvalue weighted by Crippen LogP contribution is -2.09. The van der Waals surface area contributed by atoms with Gasteiger partial charge >= 0.3 is 0 Å². The lowest BCUT2D eigenvalue weighted by Gasteiger charge is -2.05. The third kappa shape index (κ3) is 3.18. The van der Waals surface area contributed by atoms with Crippen molar-refractivity contribution in [2.45, 2.75) is 19.0 Å². The van der Waals surface area contributed by atoms with E-state index in [0.29, 0.717) is 17.1 Å². The van der Waals surface area contributed by atoms with E-state index in [9.17, 15) is 4.79 Å². The Labute approximate surface area is 136 Å². The summed E-state index contributed by atoms with van der Waals surface area (Å²) in [6, 6.07) is 9.69. The van der Waals surface area contributed by atoms with Gasteiger partial charge in [-0.3, -0.25) is 4.79 Å². The van der Waals surface area contributed by atoms with Crippen LogP contribution in [0.2, 0.25) is 0 Å². The largest absolute Gasteiger partial charge is 0.493 e. The number of para-hydroxylation sites is 1. The van der Waals surface area contributed by atoms with E-state index in [-0.39, 0.29) is 5.56 Å². The molecule has 0 atom stereocenters. The van der Waals surface area contributed by atoms with E-state index in [2.05, 4.69) is 9.97 Å². The average Bonchev–Trinajstić information content (AvgIpc) is 2.80. The number of H-pyrrole nitrogens is 1. The van der Waals surface area contributed by atoms with Gasteiger partial charge in [-0.15, -0.1) is 11.3 Å². The molecule has 22 heavy (non-hydrogen) atoms. The van der Waals surface area contributed by atoms with Gasteiger partial charge < -0.3 is 9.72 Å². The summed E-state index contributed by atoms with van der Waals surface area (Å²) in [4.78, 5) is 21.5. The number of aryl methyl sites for hydroxylation is 2. The third-order valence-corrected chi connectivity index (χ3v) is 5.29. The Bertz CT molecular complexity index is 840. The summed E-state index contributed by atoms with van der Waals surface area (Å²) in [5.74, 6) is 1.58. The number of benzene rings is 1.